The molecule has 136 valence electrons. The highest BCUT2D eigenvalue weighted by Gasteiger charge is 2.12. The van der Waals surface area contributed by atoms with E-state index in [1.54, 1.807) is 6.33 Å². The van der Waals surface area contributed by atoms with E-state index in [4.69, 9.17) is 0 Å². The maximum absolute atomic E-state index is 4.49. The summed E-state index contributed by atoms with van der Waals surface area (Å²) in [6, 6.07) is 14.3. The van der Waals surface area contributed by atoms with Crippen LogP contribution in [-0.4, -0.2) is 26.6 Å². The third kappa shape index (κ3) is 3.67. The first-order valence-corrected chi connectivity index (χ1v) is 9.08. The summed E-state index contributed by atoms with van der Waals surface area (Å²) in [5.74, 6) is 0.888. The molecule has 0 atom stereocenters. The molecular weight excluding hydrogens is 322 g/mol. The molecule has 0 aliphatic rings. The van der Waals surface area contributed by atoms with E-state index in [2.05, 4.69) is 38.1 Å². The topological polar surface area (TPSA) is 46.8 Å². The minimum absolute atomic E-state index is 0.888. The SMILES string of the molecule is CC.CC.CN(c1ccccc1)c1ncnc2cc3ncn(C)c3cc12. The van der Waals surface area contributed by atoms with Gasteiger partial charge in [0.05, 0.1) is 22.9 Å². The van der Waals surface area contributed by atoms with Crippen LogP contribution < -0.4 is 4.90 Å². The molecule has 0 N–H and O–H groups in total. The number of hydrogen-bond acceptors (Lipinski definition) is 4. The van der Waals surface area contributed by atoms with E-state index in [-0.39, 0.29) is 0 Å². The number of para-hydroxylation sites is 1. The van der Waals surface area contributed by atoms with E-state index in [9.17, 15) is 0 Å². The van der Waals surface area contributed by atoms with Gasteiger partial charge in [-0.05, 0) is 24.3 Å². The van der Waals surface area contributed by atoms with Gasteiger partial charge in [0.15, 0.2) is 0 Å². The largest absolute Gasteiger partial charge is 0.334 e. The number of rotatable bonds is 2. The summed E-state index contributed by atoms with van der Waals surface area (Å²) in [6.07, 6.45) is 3.42. The van der Waals surface area contributed by atoms with Crippen molar-refractivity contribution in [2.75, 3.05) is 11.9 Å². The van der Waals surface area contributed by atoms with Crippen LogP contribution in [0.5, 0.6) is 0 Å². The maximum atomic E-state index is 4.49. The van der Waals surface area contributed by atoms with Crippen molar-refractivity contribution in [3.8, 4) is 0 Å². The molecule has 0 saturated heterocycles. The molecule has 0 radical (unpaired) electrons. The average Bonchev–Trinajstić information content (AvgIpc) is 3.09. The minimum Gasteiger partial charge on any atom is -0.334 e. The van der Waals surface area contributed by atoms with Gasteiger partial charge in [0.25, 0.3) is 0 Å². The van der Waals surface area contributed by atoms with Gasteiger partial charge >= 0.3 is 0 Å². The lowest BCUT2D eigenvalue weighted by Crippen LogP contribution is -2.11. The van der Waals surface area contributed by atoms with Crippen LogP contribution in [0, 0.1) is 0 Å². The van der Waals surface area contributed by atoms with Gasteiger partial charge in [-0.15, -0.1) is 0 Å². The highest BCUT2D eigenvalue weighted by molar-refractivity contribution is 5.99. The third-order valence-corrected chi connectivity index (χ3v) is 3.92. The average molecular weight is 349 g/mol. The lowest BCUT2D eigenvalue weighted by atomic mass is 10.2. The molecule has 0 aliphatic carbocycles. The first kappa shape index (κ1) is 19.4. The Morgan fingerprint density at radius 1 is 0.846 bits per heavy atom. The van der Waals surface area contributed by atoms with E-state index < -0.39 is 0 Å². The smallest absolute Gasteiger partial charge is 0.144 e. The summed E-state index contributed by atoms with van der Waals surface area (Å²) >= 11 is 0. The zero-order valence-corrected chi connectivity index (χ0v) is 16.4. The Morgan fingerprint density at radius 3 is 2.23 bits per heavy atom. The van der Waals surface area contributed by atoms with Crippen molar-refractivity contribution < 1.29 is 0 Å². The van der Waals surface area contributed by atoms with Gasteiger partial charge in [0, 0.05) is 25.2 Å². The molecule has 5 heteroatoms. The molecule has 0 spiro atoms. The molecule has 0 amide bonds. The van der Waals surface area contributed by atoms with Gasteiger partial charge in [-0.1, -0.05) is 45.9 Å². The molecule has 2 aromatic carbocycles. The summed E-state index contributed by atoms with van der Waals surface area (Å²) in [5.41, 5.74) is 4.01. The molecule has 0 unspecified atom stereocenters. The van der Waals surface area contributed by atoms with Crippen LogP contribution in [0.2, 0.25) is 0 Å². The van der Waals surface area contributed by atoms with E-state index in [1.165, 1.54) is 0 Å². The summed E-state index contributed by atoms with van der Waals surface area (Å²) < 4.78 is 2.01. The highest BCUT2D eigenvalue weighted by Crippen LogP contribution is 2.30. The zero-order chi connectivity index (χ0) is 19.1. The molecule has 0 bridgehead atoms. The molecule has 2 aromatic heterocycles. The maximum Gasteiger partial charge on any atom is 0.144 e. The summed E-state index contributed by atoms with van der Waals surface area (Å²) in [5, 5.41) is 1.02. The van der Waals surface area contributed by atoms with Gasteiger partial charge in [-0.2, -0.15) is 0 Å². The second-order valence-corrected chi connectivity index (χ2v) is 5.31. The Kier molecular flexibility index (Phi) is 6.67. The Hall–Kier alpha value is -2.95. The van der Waals surface area contributed by atoms with Crippen molar-refractivity contribution in [2.24, 2.45) is 7.05 Å². The lowest BCUT2D eigenvalue weighted by Gasteiger charge is -2.19. The first-order chi connectivity index (χ1) is 12.7. The van der Waals surface area contributed by atoms with Crippen LogP contribution in [0.1, 0.15) is 27.7 Å². The number of fused-ring (bicyclic) bond motifs is 2. The summed E-state index contributed by atoms with van der Waals surface area (Å²) in [7, 11) is 4.01. The number of hydrogen-bond donors (Lipinski definition) is 0. The fourth-order valence-corrected chi connectivity index (χ4v) is 2.71. The van der Waals surface area contributed by atoms with Gasteiger partial charge in [-0.3, -0.25) is 0 Å². The van der Waals surface area contributed by atoms with Crippen molar-refractivity contribution >= 4 is 33.4 Å². The van der Waals surface area contributed by atoms with Crippen LogP contribution in [0.3, 0.4) is 0 Å². The molecule has 0 fully saturated rings. The molecule has 4 rings (SSSR count). The standard InChI is InChI=1S/C17H15N5.2C2H6/c1-21-11-20-15-9-14-13(8-16(15)21)17(19-10-18-14)22(2)12-6-4-3-5-7-12;2*1-2/h3-11H,1-2H3;2*1-2H3. The van der Waals surface area contributed by atoms with Gasteiger partial charge < -0.3 is 9.47 Å². The Labute approximate surface area is 155 Å². The number of benzene rings is 2. The van der Waals surface area contributed by atoms with Crippen molar-refractivity contribution in [2.45, 2.75) is 27.7 Å². The van der Waals surface area contributed by atoms with Crippen molar-refractivity contribution in [3.05, 3.63) is 55.1 Å². The van der Waals surface area contributed by atoms with Crippen molar-refractivity contribution in [1.82, 2.24) is 19.5 Å². The molecular formula is C21H27N5. The monoisotopic (exact) mass is 349 g/mol. The fraction of sp³-hybridized carbons (Fsp3) is 0.286. The molecule has 0 aliphatic heterocycles. The summed E-state index contributed by atoms with van der Waals surface area (Å²) in [6.45, 7) is 8.00. The number of aromatic nitrogens is 4. The Bertz CT molecular complexity index is 960. The highest BCUT2D eigenvalue weighted by atomic mass is 15.2. The number of imidazole rings is 1. The van der Waals surface area contributed by atoms with Gasteiger partial charge in [-0.25, -0.2) is 15.0 Å². The van der Waals surface area contributed by atoms with E-state index in [0.717, 1.165) is 33.4 Å². The van der Waals surface area contributed by atoms with Crippen molar-refractivity contribution in [1.29, 1.82) is 0 Å². The van der Waals surface area contributed by atoms with Gasteiger partial charge in [0.2, 0.25) is 0 Å². The number of aryl methyl sites for hydroxylation is 1. The number of anilines is 2. The van der Waals surface area contributed by atoms with Crippen LogP contribution in [0.25, 0.3) is 21.9 Å². The lowest BCUT2D eigenvalue weighted by molar-refractivity contribution is 0.948. The first-order valence-electron chi connectivity index (χ1n) is 9.08. The number of nitrogens with zero attached hydrogens (tertiary/aromatic N) is 5. The van der Waals surface area contributed by atoms with Crippen molar-refractivity contribution in [3.63, 3.8) is 0 Å². The van der Waals surface area contributed by atoms with E-state index in [0.29, 0.717) is 0 Å². The molecule has 2 heterocycles. The predicted molar refractivity (Wildman–Crippen MR) is 111 cm³/mol. The molecule has 26 heavy (non-hydrogen) atoms. The quantitative estimate of drug-likeness (QED) is 0.490. The third-order valence-electron chi connectivity index (χ3n) is 3.92. The van der Waals surface area contributed by atoms with E-state index >= 15 is 0 Å². The fourth-order valence-electron chi connectivity index (χ4n) is 2.71. The molecule has 0 saturated carbocycles. The Balaban J connectivity index is 0.000000570. The second kappa shape index (κ2) is 8.94. The van der Waals surface area contributed by atoms with Crippen LogP contribution in [0.15, 0.2) is 55.1 Å². The van der Waals surface area contributed by atoms with Crippen LogP contribution in [-0.2, 0) is 7.05 Å². The predicted octanol–water partition coefficient (Wildman–Crippen LogP) is 5.34. The summed E-state index contributed by atoms with van der Waals surface area (Å²) in [4.78, 5) is 15.3. The van der Waals surface area contributed by atoms with Gasteiger partial charge in [0.1, 0.15) is 12.1 Å². The van der Waals surface area contributed by atoms with E-state index in [1.807, 2.05) is 77.0 Å². The van der Waals surface area contributed by atoms with Crippen LogP contribution >= 0.6 is 0 Å². The Morgan fingerprint density at radius 2 is 1.54 bits per heavy atom. The second-order valence-electron chi connectivity index (χ2n) is 5.31. The zero-order valence-electron chi connectivity index (χ0n) is 16.4. The normalized spacial score (nSPS) is 9.92. The minimum atomic E-state index is 0.888. The molecule has 5 nitrogen and oxygen atoms in total. The molecule has 4 aromatic rings. The van der Waals surface area contributed by atoms with Crippen LogP contribution in [0.4, 0.5) is 11.5 Å².